The predicted octanol–water partition coefficient (Wildman–Crippen LogP) is 2.67. The second-order valence-corrected chi connectivity index (χ2v) is 6.98. The van der Waals surface area contributed by atoms with E-state index in [4.69, 9.17) is 4.74 Å². The largest absolute Gasteiger partial charge is 0.423 e. The number of halogens is 3. The zero-order valence-corrected chi connectivity index (χ0v) is 13.4. The molecule has 4 rings (SSSR count). The lowest BCUT2D eigenvalue weighted by atomic mass is 9.74. The minimum absolute atomic E-state index is 0.310. The maximum absolute atomic E-state index is 13.2. The van der Waals surface area contributed by atoms with Crippen molar-refractivity contribution in [2.75, 3.05) is 4.90 Å². The van der Waals surface area contributed by atoms with E-state index < -0.39 is 57.7 Å². The lowest BCUT2D eigenvalue weighted by Gasteiger charge is -2.26. The molecule has 4 atom stereocenters. The van der Waals surface area contributed by atoms with Crippen molar-refractivity contribution >= 4 is 23.2 Å². The Morgan fingerprint density at radius 1 is 1.31 bits per heavy atom. The van der Waals surface area contributed by atoms with Crippen LogP contribution >= 0.6 is 0 Å². The highest BCUT2D eigenvalue weighted by Crippen LogP contribution is 2.55. The summed E-state index contributed by atoms with van der Waals surface area (Å²) in [5.74, 6) is -2.69. The Morgan fingerprint density at radius 2 is 2.00 bits per heavy atom. The van der Waals surface area contributed by atoms with Crippen LogP contribution in [-0.4, -0.2) is 28.4 Å². The van der Waals surface area contributed by atoms with Crippen LogP contribution in [0, 0.1) is 22.0 Å². The zero-order chi connectivity index (χ0) is 19.0. The minimum Gasteiger partial charge on any atom is -0.370 e. The number of nitrogens with zero attached hydrogens (tertiary/aromatic N) is 2. The van der Waals surface area contributed by atoms with E-state index in [-0.39, 0.29) is 5.69 Å². The topological polar surface area (TPSA) is 89.8 Å². The number of fused-ring (bicyclic) bond motifs is 5. The lowest BCUT2D eigenvalue weighted by Crippen LogP contribution is -2.39. The number of benzene rings is 1. The van der Waals surface area contributed by atoms with Crippen LogP contribution in [0.2, 0.25) is 0 Å². The molecule has 3 aliphatic heterocycles. The molecule has 3 fully saturated rings. The van der Waals surface area contributed by atoms with Gasteiger partial charge >= 0.3 is 6.18 Å². The molecule has 3 unspecified atom stereocenters. The third-order valence-corrected chi connectivity index (χ3v) is 5.50. The first kappa shape index (κ1) is 17.0. The quantitative estimate of drug-likeness (QED) is 0.454. The summed E-state index contributed by atoms with van der Waals surface area (Å²) in [4.78, 5) is 35.9. The Bertz CT molecular complexity index is 855. The third kappa shape index (κ3) is 2.11. The molecule has 26 heavy (non-hydrogen) atoms. The monoisotopic (exact) mass is 370 g/mol. The van der Waals surface area contributed by atoms with Gasteiger partial charge in [-0.15, -0.1) is 0 Å². The number of nitro groups is 1. The van der Waals surface area contributed by atoms with Gasteiger partial charge in [0, 0.05) is 6.07 Å². The Balaban J connectivity index is 1.78. The maximum atomic E-state index is 13.2. The van der Waals surface area contributed by atoms with Crippen LogP contribution in [0.3, 0.4) is 0 Å². The third-order valence-electron chi connectivity index (χ3n) is 5.50. The van der Waals surface area contributed by atoms with Gasteiger partial charge < -0.3 is 4.74 Å². The van der Waals surface area contributed by atoms with Gasteiger partial charge in [0.2, 0.25) is 11.8 Å². The van der Waals surface area contributed by atoms with Crippen LogP contribution in [0.15, 0.2) is 18.2 Å². The number of carbonyl (C=O) groups is 2. The summed E-state index contributed by atoms with van der Waals surface area (Å²) in [6.07, 6.45) is -4.21. The average molecular weight is 370 g/mol. The molecule has 0 radical (unpaired) electrons. The average Bonchev–Trinajstić information content (AvgIpc) is 3.15. The fourth-order valence-electron chi connectivity index (χ4n) is 4.39. The van der Waals surface area contributed by atoms with E-state index >= 15 is 0 Å². The maximum Gasteiger partial charge on any atom is 0.423 e. The Kier molecular flexibility index (Phi) is 3.28. The summed E-state index contributed by atoms with van der Waals surface area (Å²) in [6.45, 7) is 1.73. The van der Waals surface area contributed by atoms with Gasteiger partial charge in [-0.3, -0.25) is 19.7 Å². The number of carbonyl (C=O) groups excluding carboxylic acids is 2. The van der Waals surface area contributed by atoms with Crippen molar-refractivity contribution < 1.29 is 32.4 Å². The molecular formula is C16H13F3N2O5. The smallest absolute Gasteiger partial charge is 0.370 e. The SMILES string of the molecule is CC12CCC(O1)C1C(=O)N(c3ccc([N+](=O)[O-])c(C(F)(F)F)c3)C(=O)[C@H]12. The molecule has 3 heterocycles. The summed E-state index contributed by atoms with van der Waals surface area (Å²) in [6, 6.07) is 2.15. The van der Waals surface area contributed by atoms with Crippen molar-refractivity contribution in [3.63, 3.8) is 0 Å². The van der Waals surface area contributed by atoms with E-state index in [0.717, 1.165) is 6.07 Å². The van der Waals surface area contributed by atoms with Gasteiger partial charge in [-0.1, -0.05) is 0 Å². The van der Waals surface area contributed by atoms with Crippen molar-refractivity contribution in [3.05, 3.63) is 33.9 Å². The Labute approximate surface area is 144 Å². The van der Waals surface area contributed by atoms with Crippen molar-refractivity contribution in [3.8, 4) is 0 Å². The van der Waals surface area contributed by atoms with E-state index in [1.165, 1.54) is 0 Å². The molecule has 138 valence electrons. The molecule has 0 aromatic heterocycles. The van der Waals surface area contributed by atoms with E-state index in [2.05, 4.69) is 0 Å². The normalized spacial score (nSPS) is 33.1. The van der Waals surface area contributed by atoms with Crippen LogP contribution < -0.4 is 4.90 Å². The number of anilines is 1. The number of amides is 2. The number of imide groups is 1. The number of hydrogen-bond donors (Lipinski definition) is 0. The van der Waals surface area contributed by atoms with E-state index in [1.54, 1.807) is 6.92 Å². The second-order valence-electron chi connectivity index (χ2n) is 6.98. The van der Waals surface area contributed by atoms with E-state index in [9.17, 15) is 32.9 Å². The summed E-state index contributed by atoms with van der Waals surface area (Å²) in [5.41, 5.74) is -3.74. The highest BCUT2D eigenvalue weighted by Gasteiger charge is 2.67. The van der Waals surface area contributed by atoms with Gasteiger partial charge in [-0.25, -0.2) is 4.90 Å². The van der Waals surface area contributed by atoms with E-state index in [0.29, 0.717) is 29.9 Å². The number of alkyl halides is 3. The van der Waals surface area contributed by atoms with Gasteiger partial charge in [0.15, 0.2) is 0 Å². The fraction of sp³-hybridized carbons (Fsp3) is 0.500. The molecule has 3 aliphatic rings. The predicted molar refractivity (Wildman–Crippen MR) is 80.1 cm³/mol. The van der Waals surface area contributed by atoms with Crippen LogP contribution in [0.1, 0.15) is 25.3 Å². The number of ether oxygens (including phenoxy) is 1. The van der Waals surface area contributed by atoms with Gasteiger partial charge in [-0.2, -0.15) is 13.2 Å². The molecule has 7 nitrogen and oxygen atoms in total. The molecule has 10 heteroatoms. The highest BCUT2D eigenvalue weighted by atomic mass is 19.4. The zero-order valence-electron chi connectivity index (χ0n) is 13.4. The minimum atomic E-state index is -4.99. The van der Waals surface area contributed by atoms with Crippen LogP contribution in [0.4, 0.5) is 24.5 Å². The molecular weight excluding hydrogens is 357 g/mol. The first-order chi connectivity index (χ1) is 12.0. The van der Waals surface area contributed by atoms with Gasteiger partial charge in [0.05, 0.1) is 34.2 Å². The summed E-state index contributed by atoms with van der Waals surface area (Å²) in [5, 5.41) is 10.9. The Morgan fingerprint density at radius 3 is 2.58 bits per heavy atom. The standard InChI is InChI=1S/C16H13F3N2O5/c1-15-5-4-10(26-15)11-12(15)14(23)20(13(11)22)7-2-3-9(21(24)25)8(6-7)16(17,18)19/h2-3,6,10-12H,4-5H2,1H3/t10?,11?,12-,15?/m0/s1. The van der Waals surface area contributed by atoms with Crippen LogP contribution in [0.25, 0.3) is 0 Å². The second kappa shape index (κ2) is 5.03. The number of hydrogen-bond acceptors (Lipinski definition) is 5. The van der Waals surface area contributed by atoms with E-state index in [1.807, 2.05) is 0 Å². The lowest BCUT2D eigenvalue weighted by molar-refractivity contribution is -0.388. The molecule has 1 aromatic rings. The van der Waals surface area contributed by atoms with Gasteiger partial charge in [-0.05, 0) is 31.9 Å². The Hall–Kier alpha value is -2.49. The van der Waals surface area contributed by atoms with Crippen molar-refractivity contribution in [1.82, 2.24) is 0 Å². The first-order valence-electron chi connectivity index (χ1n) is 7.96. The van der Waals surface area contributed by atoms with Crippen molar-refractivity contribution in [1.29, 1.82) is 0 Å². The summed E-state index contributed by atoms with van der Waals surface area (Å²) >= 11 is 0. The molecule has 2 bridgehead atoms. The highest BCUT2D eigenvalue weighted by molar-refractivity contribution is 6.23. The molecule has 1 aromatic carbocycles. The molecule has 2 amide bonds. The van der Waals surface area contributed by atoms with Crippen LogP contribution in [0.5, 0.6) is 0 Å². The molecule has 0 spiro atoms. The number of rotatable bonds is 2. The first-order valence-corrected chi connectivity index (χ1v) is 7.96. The summed E-state index contributed by atoms with van der Waals surface area (Å²) < 4.78 is 45.3. The molecule has 0 saturated carbocycles. The van der Waals surface area contributed by atoms with Crippen molar-refractivity contribution in [2.45, 2.75) is 37.6 Å². The van der Waals surface area contributed by atoms with Gasteiger partial charge in [0.25, 0.3) is 5.69 Å². The molecule has 0 N–H and O–H groups in total. The molecule has 3 saturated heterocycles. The van der Waals surface area contributed by atoms with Gasteiger partial charge in [0.1, 0.15) is 5.56 Å². The van der Waals surface area contributed by atoms with Crippen molar-refractivity contribution in [2.24, 2.45) is 11.8 Å². The van der Waals surface area contributed by atoms with Crippen LogP contribution in [-0.2, 0) is 20.5 Å². The fourth-order valence-corrected chi connectivity index (χ4v) is 4.39. The summed E-state index contributed by atoms with van der Waals surface area (Å²) in [7, 11) is 0. The number of nitro benzene ring substituents is 1. The molecule has 0 aliphatic carbocycles.